The third-order valence-corrected chi connectivity index (χ3v) is 6.20. The molecule has 0 aliphatic rings. The number of sulfonamides is 1. The Labute approximate surface area is 178 Å². The number of anilines is 1. The zero-order valence-corrected chi connectivity index (χ0v) is 17.7. The van der Waals surface area contributed by atoms with Gasteiger partial charge < -0.3 is 13.9 Å². The SMILES string of the molecule is COc1ccc(S(=O)(=O)Nc2cc(-c3cn4ccccc4n3)ccc2OC)cc1Cl. The number of fused-ring (bicyclic) bond motifs is 1. The van der Waals surface area contributed by atoms with Crippen molar-refractivity contribution < 1.29 is 17.9 Å². The van der Waals surface area contributed by atoms with Crippen molar-refractivity contribution in [2.24, 2.45) is 0 Å². The normalized spacial score (nSPS) is 11.4. The summed E-state index contributed by atoms with van der Waals surface area (Å²) in [7, 11) is -0.977. The Balaban J connectivity index is 1.72. The number of benzene rings is 2. The minimum Gasteiger partial charge on any atom is -0.495 e. The third-order valence-electron chi connectivity index (χ3n) is 4.54. The van der Waals surface area contributed by atoms with Crippen molar-refractivity contribution in [3.8, 4) is 22.8 Å². The van der Waals surface area contributed by atoms with Crippen molar-refractivity contribution in [1.82, 2.24) is 9.38 Å². The van der Waals surface area contributed by atoms with Crippen LogP contribution in [0, 0.1) is 0 Å². The summed E-state index contributed by atoms with van der Waals surface area (Å²) < 4.78 is 40.7. The molecule has 4 aromatic rings. The number of halogens is 1. The molecule has 0 aliphatic heterocycles. The van der Waals surface area contributed by atoms with E-state index in [0.29, 0.717) is 22.9 Å². The highest BCUT2D eigenvalue weighted by Gasteiger charge is 2.19. The van der Waals surface area contributed by atoms with Gasteiger partial charge in [-0.1, -0.05) is 17.7 Å². The fraction of sp³-hybridized carbons (Fsp3) is 0.0952. The number of hydrogen-bond donors (Lipinski definition) is 1. The molecule has 30 heavy (non-hydrogen) atoms. The number of imidazole rings is 1. The second kappa shape index (κ2) is 7.89. The summed E-state index contributed by atoms with van der Waals surface area (Å²) in [6.07, 6.45) is 3.77. The maximum Gasteiger partial charge on any atom is 0.262 e. The van der Waals surface area contributed by atoms with Gasteiger partial charge in [-0.25, -0.2) is 13.4 Å². The van der Waals surface area contributed by atoms with E-state index in [0.717, 1.165) is 11.2 Å². The molecule has 0 unspecified atom stereocenters. The topological polar surface area (TPSA) is 81.9 Å². The molecule has 154 valence electrons. The number of ether oxygens (including phenoxy) is 2. The standard InChI is InChI=1S/C21H18ClN3O4S/c1-28-19-9-7-15(12-16(19)22)30(26,27)24-17-11-14(6-8-20(17)29-2)18-13-25-10-4-3-5-21(25)23-18/h3-13,24H,1-2H3. The highest BCUT2D eigenvalue weighted by atomic mass is 35.5. The zero-order chi connectivity index (χ0) is 21.3. The van der Waals surface area contributed by atoms with Gasteiger partial charge in [-0.15, -0.1) is 0 Å². The number of methoxy groups -OCH3 is 2. The smallest absolute Gasteiger partial charge is 0.262 e. The Morgan fingerprint density at radius 1 is 1.00 bits per heavy atom. The summed E-state index contributed by atoms with van der Waals surface area (Å²) >= 11 is 6.09. The van der Waals surface area contributed by atoms with Crippen LogP contribution in [0.3, 0.4) is 0 Å². The van der Waals surface area contributed by atoms with Crippen LogP contribution in [0.1, 0.15) is 0 Å². The van der Waals surface area contributed by atoms with Gasteiger partial charge >= 0.3 is 0 Å². The molecule has 0 radical (unpaired) electrons. The number of rotatable bonds is 6. The second-order valence-corrected chi connectivity index (χ2v) is 8.50. The van der Waals surface area contributed by atoms with Gasteiger partial charge in [0, 0.05) is 18.0 Å². The van der Waals surface area contributed by atoms with E-state index in [1.807, 2.05) is 41.1 Å². The molecule has 1 N–H and O–H groups in total. The molecule has 2 heterocycles. The van der Waals surface area contributed by atoms with E-state index in [2.05, 4.69) is 9.71 Å². The van der Waals surface area contributed by atoms with Crippen LogP contribution in [0.2, 0.25) is 5.02 Å². The highest BCUT2D eigenvalue weighted by Crippen LogP contribution is 2.33. The lowest BCUT2D eigenvalue weighted by atomic mass is 10.1. The lowest BCUT2D eigenvalue weighted by molar-refractivity contribution is 0.414. The summed E-state index contributed by atoms with van der Waals surface area (Å²) in [5, 5.41) is 0.200. The molecule has 0 fully saturated rings. The summed E-state index contributed by atoms with van der Waals surface area (Å²) in [5.74, 6) is 0.771. The van der Waals surface area contributed by atoms with Crippen LogP contribution in [0.5, 0.6) is 11.5 Å². The van der Waals surface area contributed by atoms with Crippen LogP contribution in [0.4, 0.5) is 5.69 Å². The van der Waals surface area contributed by atoms with Gasteiger partial charge in [0.25, 0.3) is 10.0 Å². The minimum absolute atomic E-state index is 0.00786. The van der Waals surface area contributed by atoms with E-state index in [-0.39, 0.29) is 9.92 Å². The number of aromatic nitrogens is 2. The Bertz CT molecular complexity index is 1300. The van der Waals surface area contributed by atoms with Gasteiger partial charge in [0.2, 0.25) is 0 Å². The molecule has 2 aromatic heterocycles. The molecule has 0 aliphatic carbocycles. The van der Waals surface area contributed by atoms with E-state index in [9.17, 15) is 8.42 Å². The predicted molar refractivity (Wildman–Crippen MR) is 116 cm³/mol. The fourth-order valence-electron chi connectivity index (χ4n) is 3.04. The molecular formula is C21H18ClN3O4S. The molecule has 0 spiro atoms. The summed E-state index contributed by atoms with van der Waals surface area (Å²) in [6.45, 7) is 0. The van der Waals surface area contributed by atoms with Crippen molar-refractivity contribution >= 4 is 33.0 Å². The molecule has 4 rings (SSSR count). The molecular weight excluding hydrogens is 426 g/mol. The van der Waals surface area contributed by atoms with E-state index in [1.54, 1.807) is 12.1 Å². The van der Waals surface area contributed by atoms with Crippen LogP contribution in [0.15, 0.2) is 71.9 Å². The molecule has 0 saturated carbocycles. The van der Waals surface area contributed by atoms with Gasteiger partial charge in [-0.2, -0.15) is 0 Å². The fourth-order valence-corrected chi connectivity index (χ4v) is 4.45. The van der Waals surface area contributed by atoms with Gasteiger partial charge in [-0.3, -0.25) is 4.72 Å². The van der Waals surface area contributed by atoms with Gasteiger partial charge in [-0.05, 0) is 48.5 Å². The molecule has 0 atom stereocenters. The molecule has 2 aromatic carbocycles. The van der Waals surface area contributed by atoms with Gasteiger partial charge in [0.05, 0.1) is 35.5 Å². The van der Waals surface area contributed by atoms with Crippen LogP contribution in [-0.2, 0) is 10.0 Å². The summed E-state index contributed by atoms with van der Waals surface area (Å²) in [4.78, 5) is 4.59. The van der Waals surface area contributed by atoms with Crippen molar-refractivity contribution in [3.05, 3.63) is 72.0 Å². The molecule has 7 nitrogen and oxygen atoms in total. The van der Waals surface area contributed by atoms with E-state index >= 15 is 0 Å². The number of nitrogens with one attached hydrogen (secondary N) is 1. The lowest BCUT2D eigenvalue weighted by Crippen LogP contribution is -2.14. The second-order valence-electron chi connectivity index (χ2n) is 6.41. The van der Waals surface area contributed by atoms with Crippen LogP contribution in [0.25, 0.3) is 16.9 Å². The first-order chi connectivity index (χ1) is 14.4. The van der Waals surface area contributed by atoms with Gasteiger partial charge in [0.1, 0.15) is 17.1 Å². The van der Waals surface area contributed by atoms with E-state index < -0.39 is 10.0 Å². The maximum atomic E-state index is 12.9. The number of pyridine rings is 1. The zero-order valence-electron chi connectivity index (χ0n) is 16.2. The Hall–Kier alpha value is -3.23. The van der Waals surface area contributed by atoms with Crippen LogP contribution >= 0.6 is 11.6 Å². The van der Waals surface area contributed by atoms with Crippen molar-refractivity contribution in [2.75, 3.05) is 18.9 Å². The largest absolute Gasteiger partial charge is 0.495 e. The van der Waals surface area contributed by atoms with Crippen LogP contribution < -0.4 is 14.2 Å². The first-order valence-electron chi connectivity index (χ1n) is 8.90. The molecule has 0 amide bonds. The van der Waals surface area contributed by atoms with Crippen molar-refractivity contribution in [1.29, 1.82) is 0 Å². The van der Waals surface area contributed by atoms with Crippen molar-refractivity contribution in [2.45, 2.75) is 4.90 Å². The first kappa shape index (κ1) is 20.1. The minimum atomic E-state index is -3.91. The van der Waals surface area contributed by atoms with Gasteiger partial charge in [0.15, 0.2) is 0 Å². The van der Waals surface area contributed by atoms with Crippen LogP contribution in [-0.4, -0.2) is 32.0 Å². The first-order valence-corrected chi connectivity index (χ1v) is 10.8. The highest BCUT2D eigenvalue weighted by molar-refractivity contribution is 7.92. The predicted octanol–water partition coefficient (Wildman–Crippen LogP) is 4.47. The Morgan fingerprint density at radius 3 is 2.47 bits per heavy atom. The summed E-state index contributed by atoms with van der Waals surface area (Å²) in [6, 6.07) is 15.2. The Kier molecular flexibility index (Phi) is 5.27. The number of hydrogen-bond acceptors (Lipinski definition) is 5. The maximum absolute atomic E-state index is 12.9. The van der Waals surface area contributed by atoms with E-state index in [4.69, 9.17) is 21.1 Å². The molecule has 0 saturated heterocycles. The average molecular weight is 444 g/mol. The monoisotopic (exact) mass is 443 g/mol. The van der Waals surface area contributed by atoms with E-state index in [1.165, 1.54) is 32.4 Å². The average Bonchev–Trinajstić information content (AvgIpc) is 3.17. The van der Waals surface area contributed by atoms with Crippen molar-refractivity contribution in [3.63, 3.8) is 0 Å². The third kappa shape index (κ3) is 3.79. The lowest BCUT2D eigenvalue weighted by Gasteiger charge is -2.14. The quantitative estimate of drug-likeness (QED) is 0.475. The molecule has 0 bridgehead atoms. The molecule has 9 heteroatoms. The Morgan fingerprint density at radius 2 is 1.77 bits per heavy atom. The number of nitrogens with zero attached hydrogens (tertiary/aromatic N) is 2. The summed E-state index contributed by atoms with van der Waals surface area (Å²) in [5.41, 5.74) is 2.53.